The Morgan fingerprint density at radius 1 is 0.864 bits per heavy atom. The molecule has 106 valence electrons. The molecule has 4 nitrogen and oxygen atoms in total. The van der Waals surface area contributed by atoms with Gasteiger partial charge in [0.2, 0.25) is 0 Å². The molecule has 0 aliphatic carbocycles. The molecular weight excluding hydrogens is 274 g/mol. The summed E-state index contributed by atoms with van der Waals surface area (Å²) < 4.78 is 0. The molecule has 2 N–H and O–H groups in total. The minimum absolute atomic E-state index is 0.193. The molecule has 0 saturated carbocycles. The molecule has 4 heteroatoms. The summed E-state index contributed by atoms with van der Waals surface area (Å²) in [5.41, 5.74) is 4.28. The predicted molar refractivity (Wildman–Crippen MR) is 86.4 cm³/mol. The highest BCUT2D eigenvalue weighted by Gasteiger charge is 2.11. The average molecular weight is 287 g/mol. The van der Waals surface area contributed by atoms with Crippen molar-refractivity contribution in [2.75, 3.05) is 0 Å². The van der Waals surface area contributed by atoms with Crippen LogP contribution < -0.4 is 0 Å². The van der Waals surface area contributed by atoms with Crippen LogP contribution in [-0.4, -0.2) is 20.1 Å². The lowest BCUT2D eigenvalue weighted by Gasteiger charge is -2.06. The molecule has 2 heterocycles. The molecule has 2 aromatic carbocycles. The van der Waals surface area contributed by atoms with Gasteiger partial charge in [-0.25, -0.2) is 9.97 Å². The molecule has 0 fully saturated rings. The van der Waals surface area contributed by atoms with Crippen molar-refractivity contribution in [1.29, 1.82) is 0 Å². The van der Waals surface area contributed by atoms with Crippen molar-refractivity contribution in [3.63, 3.8) is 0 Å². The maximum absolute atomic E-state index is 10.2. The van der Waals surface area contributed by atoms with Gasteiger partial charge in [0.25, 0.3) is 0 Å². The van der Waals surface area contributed by atoms with Crippen LogP contribution in [0.15, 0.2) is 66.9 Å². The van der Waals surface area contributed by atoms with Crippen molar-refractivity contribution in [3.8, 4) is 28.3 Å². The van der Waals surface area contributed by atoms with Crippen LogP contribution in [0.4, 0.5) is 0 Å². The Morgan fingerprint density at radius 3 is 2.55 bits per heavy atom. The third-order valence-corrected chi connectivity index (χ3v) is 3.62. The second-order valence-electron chi connectivity index (χ2n) is 5.06. The van der Waals surface area contributed by atoms with Crippen LogP contribution in [-0.2, 0) is 0 Å². The largest absolute Gasteiger partial charge is 0.507 e. The molecule has 0 unspecified atom stereocenters. The first-order valence-electron chi connectivity index (χ1n) is 7.01. The van der Waals surface area contributed by atoms with E-state index in [-0.39, 0.29) is 5.75 Å². The lowest BCUT2D eigenvalue weighted by molar-refractivity contribution is 0.477. The van der Waals surface area contributed by atoms with Crippen molar-refractivity contribution in [3.05, 3.63) is 66.9 Å². The highest BCUT2D eigenvalue weighted by Crippen LogP contribution is 2.32. The number of rotatable bonds is 2. The maximum Gasteiger partial charge on any atom is 0.178 e. The molecule has 2 aromatic heterocycles. The molecule has 0 radical (unpaired) electrons. The maximum atomic E-state index is 10.2. The Hall–Kier alpha value is -3.14. The van der Waals surface area contributed by atoms with Gasteiger partial charge in [-0.3, -0.25) is 0 Å². The van der Waals surface area contributed by atoms with E-state index in [1.54, 1.807) is 12.3 Å². The summed E-state index contributed by atoms with van der Waals surface area (Å²) in [6.45, 7) is 0. The van der Waals surface area contributed by atoms with E-state index in [1.165, 1.54) is 0 Å². The van der Waals surface area contributed by atoms with Crippen LogP contribution in [0.25, 0.3) is 33.7 Å². The Labute approximate surface area is 127 Å². The van der Waals surface area contributed by atoms with Gasteiger partial charge < -0.3 is 10.1 Å². The average Bonchev–Trinajstić information content (AvgIpc) is 3.00. The molecule has 4 aromatic rings. The minimum Gasteiger partial charge on any atom is -0.507 e. The highest BCUT2D eigenvalue weighted by molar-refractivity contribution is 5.80. The summed E-state index contributed by atoms with van der Waals surface area (Å²) in [6.07, 6.45) is 1.70. The number of benzene rings is 2. The Kier molecular flexibility index (Phi) is 2.86. The van der Waals surface area contributed by atoms with Gasteiger partial charge in [0, 0.05) is 6.20 Å². The number of hydrogen-bond donors (Lipinski definition) is 2. The van der Waals surface area contributed by atoms with Crippen molar-refractivity contribution < 1.29 is 5.11 Å². The van der Waals surface area contributed by atoms with Crippen LogP contribution >= 0.6 is 0 Å². The number of H-pyrrole nitrogens is 1. The van der Waals surface area contributed by atoms with Gasteiger partial charge in [-0.05, 0) is 35.4 Å². The number of aromatic amines is 1. The highest BCUT2D eigenvalue weighted by atomic mass is 16.3. The summed E-state index contributed by atoms with van der Waals surface area (Å²) in [5, 5.41) is 10.2. The third-order valence-electron chi connectivity index (χ3n) is 3.62. The fourth-order valence-corrected chi connectivity index (χ4v) is 2.51. The van der Waals surface area contributed by atoms with E-state index in [1.807, 2.05) is 54.6 Å². The molecular formula is C18H13N3O. The quantitative estimate of drug-likeness (QED) is 0.586. The molecule has 0 aliphatic rings. The van der Waals surface area contributed by atoms with Gasteiger partial charge in [-0.15, -0.1) is 0 Å². The van der Waals surface area contributed by atoms with Gasteiger partial charge >= 0.3 is 0 Å². The number of phenolic OH excluding ortho intramolecular Hbond substituents is 1. The number of nitrogens with one attached hydrogen (secondary N) is 1. The topological polar surface area (TPSA) is 61.8 Å². The molecule has 0 atom stereocenters. The smallest absolute Gasteiger partial charge is 0.178 e. The fraction of sp³-hybridized carbons (Fsp3) is 0. The zero-order chi connectivity index (χ0) is 14.9. The van der Waals surface area contributed by atoms with Crippen molar-refractivity contribution in [2.45, 2.75) is 0 Å². The SMILES string of the molecule is Oc1ccc(-c2ccccc2)cc1-c1nc2ncccc2[nH]1. The molecule has 22 heavy (non-hydrogen) atoms. The summed E-state index contributed by atoms with van der Waals surface area (Å²) in [5.74, 6) is 0.808. The first-order chi connectivity index (χ1) is 10.8. The molecule has 0 bridgehead atoms. The number of imidazole rings is 1. The predicted octanol–water partition coefficient (Wildman–Crippen LogP) is 4.00. The van der Waals surface area contributed by atoms with E-state index in [9.17, 15) is 5.11 Å². The monoisotopic (exact) mass is 287 g/mol. The number of aromatic hydroxyl groups is 1. The molecule has 0 spiro atoms. The lowest BCUT2D eigenvalue weighted by Crippen LogP contribution is -1.84. The number of hydrogen-bond acceptors (Lipinski definition) is 3. The molecule has 4 rings (SSSR count). The fourth-order valence-electron chi connectivity index (χ4n) is 2.51. The van der Waals surface area contributed by atoms with Gasteiger partial charge in [0.1, 0.15) is 11.6 Å². The Balaban J connectivity index is 1.87. The zero-order valence-corrected chi connectivity index (χ0v) is 11.7. The van der Waals surface area contributed by atoms with E-state index in [4.69, 9.17) is 0 Å². The molecule has 0 aliphatic heterocycles. The summed E-state index contributed by atoms with van der Waals surface area (Å²) in [4.78, 5) is 11.9. The zero-order valence-electron chi connectivity index (χ0n) is 11.7. The van der Waals surface area contributed by atoms with E-state index in [0.29, 0.717) is 17.0 Å². The second-order valence-corrected chi connectivity index (χ2v) is 5.06. The van der Waals surface area contributed by atoms with Crippen molar-refractivity contribution >= 4 is 11.2 Å². The van der Waals surface area contributed by atoms with Gasteiger partial charge in [0.15, 0.2) is 5.65 Å². The summed E-state index contributed by atoms with van der Waals surface area (Å²) in [6, 6.07) is 19.3. The normalized spacial score (nSPS) is 10.9. The van der Waals surface area contributed by atoms with E-state index >= 15 is 0 Å². The molecule has 0 amide bonds. The second kappa shape index (κ2) is 5.00. The van der Waals surface area contributed by atoms with Crippen LogP contribution in [0.3, 0.4) is 0 Å². The molecule has 0 saturated heterocycles. The summed E-state index contributed by atoms with van der Waals surface area (Å²) in [7, 11) is 0. The van der Waals surface area contributed by atoms with Crippen LogP contribution in [0.2, 0.25) is 0 Å². The lowest BCUT2D eigenvalue weighted by atomic mass is 10.0. The standard InChI is InChI=1S/C18H13N3O/c22-16-9-8-13(12-5-2-1-3-6-12)11-14(16)17-20-15-7-4-10-19-18(15)21-17/h1-11,22H,(H,19,20,21). The Morgan fingerprint density at radius 2 is 1.73 bits per heavy atom. The van der Waals surface area contributed by atoms with E-state index in [0.717, 1.165) is 16.6 Å². The first-order valence-corrected chi connectivity index (χ1v) is 7.01. The number of pyridine rings is 1. The minimum atomic E-state index is 0.193. The van der Waals surface area contributed by atoms with Crippen LogP contribution in [0.1, 0.15) is 0 Å². The van der Waals surface area contributed by atoms with E-state index in [2.05, 4.69) is 15.0 Å². The van der Waals surface area contributed by atoms with Crippen molar-refractivity contribution in [2.24, 2.45) is 0 Å². The van der Waals surface area contributed by atoms with Gasteiger partial charge in [0.05, 0.1) is 11.1 Å². The van der Waals surface area contributed by atoms with Gasteiger partial charge in [-0.2, -0.15) is 0 Å². The van der Waals surface area contributed by atoms with E-state index < -0.39 is 0 Å². The third kappa shape index (κ3) is 2.11. The van der Waals surface area contributed by atoms with Crippen LogP contribution in [0, 0.1) is 0 Å². The number of aromatic nitrogens is 3. The van der Waals surface area contributed by atoms with Crippen LogP contribution in [0.5, 0.6) is 5.75 Å². The van der Waals surface area contributed by atoms with Gasteiger partial charge in [-0.1, -0.05) is 36.4 Å². The Bertz CT molecular complexity index is 912. The summed E-state index contributed by atoms with van der Waals surface area (Å²) >= 11 is 0. The first kappa shape index (κ1) is 12.6. The van der Waals surface area contributed by atoms with Crippen molar-refractivity contribution in [1.82, 2.24) is 15.0 Å². The number of fused-ring (bicyclic) bond motifs is 1. The number of nitrogens with zero attached hydrogens (tertiary/aromatic N) is 2. The number of phenols is 1.